The Morgan fingerprint density at radius 1 is 1.32 bits per heavy atom. The molecule has 2 aromatic carbocycles. The molecular formula is C19H15ClN2O4S2. The molecular weight excluding hydrogens is 420 g/mol. The third kappa shape index (κ3) is 4.14. The van der Waals surface area contributed by atoms with E-state index in [1.807, 2.05) is 6.92 Å². The van der Waals surface area contributed by atoms with Crippen LogP contribution in [0.2, 0.25) is 5.02 Å². The number of halogens is 1. The van der Waals surface area contributed by atoms with E-state index >= 15 is 0 Å². The minimum atomic E-state index is -0.537. The maximum atomic E-state index is 12.6. The van der Waals surface area contributed by atoms with E-state index in [2.05, 4.69) is 5.43 Å². The van der Waals surface area contributed by atoms with Gasteiger partial charge in [0, 0.05) is 0 Å². The normalized spacial score (nSPS) is 15.2. The van der Waals surface area contributed by atoms with Gasteiger partial charge in [-0.05, 0) is 60.6 Å². The first-order valence-electron chi connectivity index (χ1n) is 8.02. The van der Waals surface area contributed by atoms with Gasteiger partial charge >= 0.3 is 0 Å². The zero-order valence-corrected chi connectivity index (χ0v) is 17.2. The van der Waals surface area contributed by atoms with Crippen molar-refractivity contribution in [2.24, 2.45) is 0 Å². The first-order chi connectivity index (χ1) is 13.3. The van der Waals surface area contributed by atoms with Crippen molar-refractivity contribution in [1.82, 2.24) is 10.4 Å². The number of nitrogens with one attached hydrogen (secondary N) is 1. The zero-order valence-electron chi connectivity index (χ0n) is 14.9. The Hall–Kier alpha value is -2.55. The van der Waals surface area contributed by atoms with Crippen LogP contribution in [0.1, 0.15) is 21.5 Å². The van der Waals surface area contributed by atoms with E-state index in [0.717, 1.165) is 22.3 Å². The van der Waals surface area contributed by atoms with Crippen LogP contribution in [-0.2, 0) is 4.79 Å². The van der Waals surface area contributed by atoms with E-state index in [1.165, 1.54) is 13.2 Å². The lowest BCUT2D eigenvalue weighted by Crippen LogP contribution is -2.44. The Balaban J connectivity index is 1.79. The van der Waals surface area contributed by atoms with E-state index < -0.39 is 11.8 Å². The van der Waals surface area contributed by atoms with Crippen molar-refractivity contribution in [1.29, 1.82) is 0 Å². The van der Waals surface area contributed by atoms with Crippen LogP contribution in [0.3, 0.4) is 0 Å². The Bertz CT molecular complexity index is 1020. The molecule has 2 aromatic rings. The Morgan fingerprint density at radius 3 is 2.71 bits per heavy atom. The van der Waals surface area contributed by atoms with Crippen LogP contribution < -0.4 is 10.2 Å². The molecule has 144 valence electrons. The Kier molecular flexibility index (Phi) is 5.93. The smallest absolute Gasteiger partial charge is 0.285 e. The number of amides is 2. The summed E-state index contributed by atoms with van der Waals surface area (Å²) in [5.41, 5.74) is 4.23. The highest BCUT2D eigenvalue weighted by molar-refractivity contribution is 8.26. The van der Waals surface area contributed by atoms with Crippen molar-refractivity contribution in [3.63, 3.8) is 0 Å². The second kappa shape index (κ2) is 8.22. The number of phenolic OH excluding ortho intramolecular Hbond substituents is 1. The monoisotopic (exact) mass is 434 g/mol. The lowest BCUT2D eigenvalue weighted by Gasteiger charge is -2.16. The van der Waals surface area contributed by atoms with Gasteiger partial charge in [-0.15, -0.1) is 0 Å². The standard InChI is InChI=1S/C19H15ClN2O4S2/c1-10-3-5-12(13(20)7-10)17(24)21-22-18(25)16(28-19(22)27)9-11-4-6-15(26-2)14(23)8-11/h3-9,23H,1-2H3,(H,21,24)/b16-9+. The number of hydrogen-bond acceptors (Lipinski definition) is 6. The lowest BCUT2D eigenvalue weighted by molar-refractivity contribution is -0.123. The van der Waals surface area contributed by atoms with Crippen LogP contribution in [0.5, 0.6) is 11.5 Å². The average molecular weight is 435 g/mol. The first-order valence-corrected chi connectivity index (χ1v) is 9.62. The molecule has 1 heterocycles. The van der Waals surface area contributed by atoms with Crippen LogP contribution in [0, 0.1) is 6.92 Å². The molecule has 2 amide bonds. The third-order valence-corrected chi connectivity index (χ3v) is 5.49. The van der Waals surface area contributed by atoms with Crippen molar-refractivity contribution >= 4 is 57.8 Å². The van der Waals surface area contributed by atoms with E-state index in [9.17, 15) is 14.7 Å². The maximum absolute atomic E-state index is 12.6. The van der Waals surface area contributed by atoms with Crippen molar-refractivity contribution in [2.75, 3.05) is 7.11 Å². The molecule has 1 aliphatic rings. The summed E-state index contributed by atoms with van der Waals surface area (Å²) in [5, 5.41) is 11.2. The number of hydrazine groups is 1. The van der Waals surface area contributed by atoms with Gasteiger partial charge < -0.3 is 9.84 Å². The number of methoxy groups -OCH3 is 1. The minimum absolute atomic E-state index is 0.0472. The quantitative estimate of drug-likeness (QED) is 0.561. The number of nitrogens with zero attached hydrogens (tertiary/aromatic N) is 1. The summed E-state index contributed by atoms with van der Waals surface area (Å²) in [6, 6.07) is 9.74. The molecule has 2 N–H and O–H groups in total. The molecule has 0 unspecified atom stereocenters. The number of thiocarbonyl (C=S) groups is 1. The summed E-state index contributed by atoms with van der Waals surface area (Å²) in [5.74, 6) is -0.729. The van der Waals surface area contributed by atoms with Gasteiger partial charge in [0.25, 0.3) is 11.8 Å². The Morgan fingerprint density at radius 2 is 2.07 bits per heavy atom. The van der Waals surface area contributed by atoms with Crippen LogP contribution in [0.15, 0.2) is 41.3 Å². The highest BCUT2D eigenvalue weighted by atomic mass is 35.5. The van der Waals surface area contributed by atoms with Crippen LogP contribution >= 0.6 is 35.6 Å². The molecule has 28 heavy (non-hydrogen) atoms. The summed E-state index contributed by atoms with van der Waals surface area (Å²) < 4.78 is 5.18. The summed E-state index contributed by atoms with van der Waals surface area (Å²) in [4.78, 5) is 25.4. The SMILES string of the molecule is COc1ccc(/C=C2/SC(=S)N(NC(=O)c3ccc(C)cc3Cl)C2=O)cc1O. The van der Waals surface area contributed by atoms with Crippen LogP contribution in [0.4, 0.5) is 0 Å². The van der Waals surface area contributed by atoms with Crippen molar-refractivity contribution in [3.8, 4) is 11.5 Å². The van der Waals surface area contributed by atoms with Gasteiger partial charge in [-0.2, -0.15) is 5.01 Å². The molecule has 0 aromatic heterocycles. The van der Waals surface area contributed by atoms with E-state index in [0.29, 0.717) is 16.2 Å². The van der Waals surface area contributed by atoms with Gasteiger partial charge in [0.1, 0.15) is 0 Å². The highest BCUT2D eigenvalue weighted by Gasteiger charge is 2.34. The molecule has 1 saturated heterocycles. The number of thioether (sulfide) groups is 1. The largest absolute Gasteiger partial charge is 0.504 e. The second-order valence-corrected chi connectivity index (χ2v) is 7.96. The van der Waals surface area contributed by atoms with E-state index in [1.54, 1.807) is 36.4 Å². The van der Waals surface area contributed by atoms with E-state index in [4.69, 9.17) is 28.6 Å². The molecule has 0 bridgehead atoms. The maximum Gasteiger partial charge on any atom is 0.285 e. The predicted octanol–water partition coefficient (Wildman–Crippen LogP) is 3.91. The molecule has 3 rings (SSSR count). The summed E-state index contributed by atoms with van der Waals surface area (Å²) in [6.45, 7) is 1.86. The number of carbonyl (C=O) groups is 2. The fraction of sp³-hybridized carbons (Fsp3) is 0.105. The number of carbonyl (C=O) groups excluding carboxylic acids is 2. The number of ether oxygens (including phenoxy) is 1. The molecule has 1 fully saturated rings. The minimum Gasteiger partial charge on any atom is -0.504 e. The first kappa shape index (κ1) is 20.2. The van der Waals surface area contributed by atoms with Gasteiger partial charge in [0.15, 0.2) is 15.8 Å². The average Bonchev–Trinajstić information content (AvgIpc) is 2.89. The van der Waals surface area contributed by atoms with Gasteiger partial charge in [0.2, 0.25) is 0 Å². The number of hydrogen-bond donors (Lipinski definition) is 2. The van der Waals surface area contributed by atoms with E-state index in [-0.39, 0.29) is 20.7 Å². The molecule has 0 saturated carbocycles. The summed E-state index contributed by atoms with van der Waals surface area (Å²) in [6.07, 6.45) is 1.57. The lowest BCUT2D eigenvalue weighted by atomic mass is 10.1. The molecule has 6 nitrogen and oxygen atoms in total. The fourth-order valence-corrected chi connectivity index (χ4v) is 3.98. The molecule has 9 heteroatoms. The van der Waals surface area contributed by atoms with Crippen molar-refractivity contribution in [2.45, 2.75) is 6.92 Å². The van der Waals surface area contributed by atoms with Gasteiger partial charge in [-0.25, -0.2) is 0 Å². The molecule has 0 aliphatic carbocycles. The molecule has 0 spiro atoms. The van der Waals surface area contributed by atoms with Crippen molar-refractivity contribution in [3.05, 3.63) is 63.0 Å². The van der Waals surface area contributed by atoms with Crippen LogP contribution in [0.25, 0.3) is 6.08 Å². The fourth-order valence-electron chi connectivity index (χ4n) is 2.48. The molecule has 0 radical (unpaired) electrons. The zero-order chi connectivity index (χ0) is 20.4. The van der Waals surface area contributed by atoms with Gasteiger partial charge in [0.05, 0.1) is 22.6 Å². The van der Waals surface area contributed by atoms with Gasteiger partial charge in [-0.1, -0.05) is 35.5 Å². The highest BCUT2D eigenvalue weighted by Crippen LogP contribution is 2.33. The molecule has 0 atom stereocenters. The summed E-state index contributed by atoms with van der Waals surface area (Å²) in [7, 11) is 1.45. The predicted molar refractivity (Wildman–Crippen MR) is 113 cm³/mol. The number of rotatable bonds is 4. The Labute approximate surface area is 176 Å². The number of aryl methyl sites for hydroxylation is 1. The topological polar surface area (TPSA) is 78.9 Å². The number of aromatic hydroxyl groups is 1. The summed E-state index contributed by atoms with van der Waals surface area (Å²) >= 11 is 12.4. The third-order valence-electron chi connectivity index (χ3n) is 3.88. The van der Waals surface area contributed by atoms with Crippen LogP contribution in [-0.4, -0.2) is 33.4 Å². The number of phenols is 1. The van der Waals surface area contributed by atoms with Crippen molar-refractivity contribution < 1.29 is 19.4 Å². The van der Waals surface area contributed by atoms with Gasteiger partial charge in [-0.3, -0.25) is 15.0 Å². The molecule has 1 aliphatic heterocycles. The second-order valence-electron chi connectivity index (χ2n) is 5.87. The number of benzene rings is 2.